The number of nitrogens with zero attached hydrogens (tertiary/aromatic N) is 1. The maximum atomic E-state index is 13.0. The molecule has 0 aliphatic carbocycles. The van der Waals surface area contributed by atoms with Gasteiger partial charge in [0.25, 0.3) is 5.91 Å². The van der Waals surface area contributed by atoms with Crippen molar-refractivity contribution in [2.75, 3.05) is 19.0 Å². The second-order valence-corrected chi connectivity index (χ2v) is 9.29. The van der Waals surface area contributed by atoms with Crippen LogP contribution in [0.25, 0.3) is 6.08 Å². The van der Waals surface area contributed by atoms with Crippen LogP contribution in [0.1, 0.15) is 32.6 Å². The lowest BCUT2D eigenvalue weighted by molar-refractivity contribution is -0.127. The summed E-state index contributed by atoms with van der Waals surface area (Å²) in [6.45, 7) is 5.44. The molecule has 1 saturated heterocycles. The van der Waals surface area contributed by atoms with Gasteiger partial charge < -0.3 is 25.2 Å². The van der Waals surface area contributed by atoms with Crippen LogP contribution in [0.5, 0.6) is 11.5 Å². The van der Waals surface area contributed by atoms with E-state index < -0.39 is 30.4 Å². The Morgan fingerprint density at radius 2 is 1.78 bits per heavy atom. The highest BCUT2D eigenvalue weighted by Crippen LogP contribution is 2.35. The maximum Gasteiger partial charge on any atom is 0.335 e. The normalized spacial score (nSPS) is 13.6. The van der Waals surface area contributed by atoms with Crippen molar-refractivity contribution in [2.45, 2.75) is 20.0 Å². The summed E-state index contributed by atoms with van der Waals surface area (Å²) in [6, 6.07) is 16.2. The number of hydrogen-bond donors (Lipinski definition) is 3. The summed E-state index contributed by atoms with van der Waals surface area (Å²) in [7, 11) is 1.48. The second-order valence-electron chi connectivity index (χ2n) is 9.29. The van der Waals surface area contributed by atoms with E-state index in [4.69, 9.17) is 14.6 Å². The highest BCUT2D eigenvalue weighted by Gasteiger charge is 2.35. The van der Waals surface area contributed by atoms with E-state index in [0.717, 1.165) is 21.6 Å². The van der Waals surface area contributed by atoms with Crippen molar-refractivity contribution in [1.82, 2.24) is 10.2 Å². The number of urea groups is 1. The largest absolute Gasteiger partial charge is 0.493 e. The van der Waals surface area contributed by atoms with E-state index in [-0.39, 0.29) is 17.9 Å². The van der Waals surface area contributed by atoms with Crippen LogP contribution in [-0.4, -0.2) is 47.5 Å². The van der Waals surface area contributed by atoms with Gasteiger partial charge in [-0.2, -0.15) is 0 Å². The van der Waals surface area contributed by atoms with Crippen LogP contribution in [0.4, 0.5) is 10.5 Å². The minimum absolute atomic E-state index is 0.0110. The Hall–Kier alpha value is -5.38. The molecule has 10 heteroatoms. The fraction of sp³-hybridized carbons (Fsp3) is 0.161. The van der Waals surface area contributed by atoms with Gasteiger partial charge in [-0.25, -0.2) is 14.5 Å². The fourth-order valence-corrected chi connectivity index (χ4v) is 4.15. The summed E-state index contributed by atoms with van der Waals surface area (Å²) in [5.41, 5.74) is 3.83. The molecule has 1 heterocycles. The van der Waals surface area contributed by atoms with Gasteiger partial charge in [-0.05, 0) is 66.9 Å². The first-order valence-electron chi connectivity index (χ1n) is 12.7. The minimum Gasteiger partial charge on any atom is -0.493 e. The summed E-state index contributed by atoms with van der Waals surface area (Å²) in [5, 5.41) is 14.3. The number of hydrogen-bond acceptors (Lipinski definition) is 6. The van der Waals surface area contributed by atoms with Crippen molar-refractivity contribution in [3.05, 3.63) is 107 Å². The summed E-state index contributed by atoms with van der Waals surface area (Å²) in [6.07, 6.45) is 3.62. The van der Waals surface area contributed by atoms with Gasteiger partial charge in [-0.3, -0.25) is 9.59 Å². The van der Waals surface area contributed by atoms with E-state index in [1.54, 1.807) is 42.5 Å². The number of amides is 4. The number of carboxylic acid groups (broad SMARTS) is 1. The first kappa shape index (κ1) is 28.6. The number of imide groups is 1. The molecule has 0 saturated carbocycles. The van der Waals surface area contributed by atoms with Crippen molar-refractivity contribution >= 4 is 35.6 Å². The standard InChI is InChI=1S/C31H29N3O7/c1-4-5-23-14-21(16-26(40-3)28(23)41-18-20-8-10-22(11-9-20)30(37)38)15-25-29(36)34(31(39)33-25)17-27(35)32-24-12-6-19(2)7-13-24/h4,6-16H,1,5,17-18H2,2-3H3,(H,32,35)(H,33,39)(H,37,38)/b25-15+. The summed E-state index contributed by atoms with van der Waals surface area (Å²) >= 11 is 0. The number of anilines is 1. The number of rotatable bonds is 11. The SMILES string of the molecule is C=CCc1cc(/C=C2/NC(=O)N(CC(=O)Nc3ccc(C)cc3)C2=O)cc(OC)c1OCc1ccc(C(=O)O)cc1. The molecule has 10 nitrogen and oxygen atoms in total. The van der Waals surface area contributed by atoms with E-state index in [2.05, 4.69) is 17.2 Å². The first-order chi connectivity index (χ1) is 19.7. The number of allylic oxidation sites excluding steroid dienone is 1. The van der Waals surface area contributed by atoms with Crippen molar-refractivity contribution in [1.29, 1.82) is 0 Å². The Morgan fingerprint density at radius 3 is 2.41 bits per heavy atom. The molecule has 1 aliphatic heterocycles. The molecule has 41 heavy (non-hydrogen) atoms. The van der Waals surface area contributed by atoms with Crippen LogP contribution in [0, 0.1) is 6.92 Å². The molecule has 3 N–H and O–H groups in total. The summed E-state index contributed by atoms with van der Waals surface area (Å²) < 4.78 is 11.6. The van der Waals surface area contributed by atoms with Crippen molar-refractivity contribution in [3.63, 3.8) is 0 Å². The zero-order valence-corrected chi connectivity index (χ0v) is 22.6. The van der Waals surface area contributed by atoms with Crippen LogP contribution < -0.4 is 20.1 Å². The zero-order valence-electron chi connectivity index (χ0n) is 22.6. The lowest BCUT2D eigenvalue weighted by Gasteiger charge is -2.16. The number of nitrogens with one attached hydrogen (secondary N) is 2. The van der Waals surface area contributed by atoms with E-state index >= 15 is 0 Å². The molecule has 3 aromatic carbocycles. The smallest absolute Gasteiger partial charge is 0.335 e. The molecular weight excluding hydrogens is 526 g/mol. The molecule has 0 atom stereocenters. The number of ether oxygens (including phenoxy) is 2. The quantitative estimate of drug-likeness (QED) is 0.180. The molecule has 0 spiro atoms. The number of carbonyl (C=O) groups is 4. The molecule has 1 aliphatic rings. The van der Waals surface area contributed by atoms with E-state index in [1.807, 2.05) is 19.1 Å². The van der Waals surface area contributed by atoms with Gasteiger partial charge in [0.1, 0.15) is 18.8 Å². The van der Waals surface area contributed by atoms with Crippen LogP contribution in [-0.2, 0) is 22.6 Å². The van der Waals surface area contributed by atoms with E-state index in [1.165, 1.54) is 25.3 Å². The highest BCUT2D eigenvalue weighted by atomic mass is 16.5. The van der Waals surface area contributed by atoms with Gasteiger partial charge in [0.15, 0.2) is 11.5 Å². The Labute approximate surface area is 236 Å². The first-order valence-corrected chi connectivity index (χ1v) is 12.7. The maximum absolute atomic E-state index is 13.0. The average Bonchev–Trinajstić information content (AvgIpc) is 3.20. The highest BCUT2D eigenvalue weighted by molar-refractivity contribution is 6.16. The summed E-state index contributed by atoms with van der Waals surface area (Å²) in [5.74, 6) is -1.30. The molecule has 1 fully saturated rings. The Balaban J connectivity index is 1.51. The van der Waals surface area contributed by atoms with E-state index in [0.29, 0.717) is 29.2 Å². The minimum atomic E-state index is -1.01. The van der Waals surface area contributed by atoms with Crippen LogP contribution in [0.2, 0.25) is 0 Å². The van der Waals surface area contributed by atoms with Crippen LogP contribution >= 0.6 is 0 Å². The number of carbonyl (C=O) groups excluding carboxylic acids is 3. The van der Waals surface area contributed by atoms with Gasteiger partial charge in [0, 0.05) is 11.3 Å². The second kappa shape index (κ2) is 12.6. The molecule has 4 rings (SSSR count). The third-order valence-electron chi connectivity index (χ3n) is 6.23. The number of methoxy groups -OCH3 is 1. The predicted molar refractivity (Wildman–Crippen MR) is 153 cm³/mol. The lowest BCUT2D eigenvalue weighted by Crippen LogP contribution is -2.38. The third kappa shape index (κ3) is 6.99. The Kier molecular flexibility index (Phi) is 8.83. The van der Waals surface area contributed by atoms with E-state index in [9.17, 15) is 19.2 Å². The zero-order chi connectivity index (χ0) is 29.5. The molecule has 0 bridgehead atoms. The van der Waals surface area contributed by atoms with Gasteiger partial charge in [0.2, 0.25) is 5.91 Å². The molecule has 0 aromatic heterocycles. The summed E-state index contributed by atoms with van der Waals surface area (Å²) in [4.78, 5) is 49.9. The van der Waals surface area contributed by atoms with Gasteiger partial charge in [-0.1, -0.05) is 35.9 Å². The number of aryl methyl sites for hydroxylation is 1. The third-order valence-corrected chi connectivity index (χ3v) is 6.23. The lowest BCUT2D eigenvalue weighted by atomic mass is 10.0. The molecule has 0 unspecified atom stereocenters. The molecule has 4 amide bonds. The fourth-order valence-electron chi connectivity index (χ4n) is 4.15. The molecule has 0 radical (unpaired) electrons. The van der Waals surface area contributed by atoms with Crippen molar-refractivity contribution in [2.24, 2.45) is 0 Å². The Bertz CT molecular complexity index is 1530. The van der Waals surface area contributed by atoms with Gasteiger partial charge in [0.05, 0.1) is 12.7 Å². The van der Waals surface area contributed by atoms with Crippen molar-refractivity contribution < 1.29 is 33.8 Å². The Morgan fingerprint density at radius 1 is 1.07 bits per heavy atom. The van der Waals surface area contributed by atoms with Gasteiger partial charge in [-0.15, -0.1) is 6.58 Å². The van der Waals surface area contributed by atoms with Gasteiger partial charge >= 0.3 is 12.0 Å². The van der Waals surface area contributed by atoms with Crippen molar-refractivity contribution in [3.8, 4) is 11.5 Å². The predicted octanol–water partition coefficient (Wildman–Crippen LogP) is 4.54. The van der Waals surface area contributed by atoms with Crippen LogP contribution in [0.3, 0.4) is 0 Å². The average molecular weight is 556 g/mol. The molecule has 3 aromatic rings. The number of aromatic carboxylic acids is 1. The van der Waals surface area contributed by atoms with Crippen LogP contribution in [0.15, 0.2) is 79.0 Å². The number of carboxylic acids is 1. The molecular formula is C31H29N3O7. The molecule has 210 valence electrons. The number of benzene rings is 3. The topological polar surface area (TPSA) is 134 Å². The monoisotopic (exact) mass is 555 g/mol.